The molecule has 2 unspecified atom stereocenters. The first-order valence-electron chi connectivity index (χ1n) is 10.1. The number of morpholine rings is 1. The number of rotatable bonds is 7. The Morgan fingerprint density at radius 1 is 1.27 bits per heavy atom. The Balaban J connectivity index is 0.00000320. The van der Waals surface area contributed by atoms with Crippen molar-refractivity contribution in [1.82, 2.24) is 15.6 Å². The zero-order chi connectivity index (χ0) is 20.5. The number of benzene rings is 1. The van der Waals surface area contributed by atoms with Crippen molar-refractivity contribution in [1.29, 1.82) is 0 Å². The minimum absolute atomic E-state index is 0. The summed E-state index contributed by atoms with van der Waals surface area (Å²) in [7, 11) is 1.80. The van der Waals surface area contributed by atoms with Gasteiger partial charge in [-0.05, 0) is 30.7 Å². The van der Waals surface area contributed by atoms with Crippen LogP contribution < -0.4 is 15.5 Å². The molecule has 2 heterocycles. The van der Waals surface area contributed by atoms with Crippen molar-refractivity contribution in [2.75, 3.05) is 38.2 Å². The molecule has 0 radical (unpaired) electrons. The van der Waals surface area contributed by atoms with E-state index in [0.29, 0.717) is 11.8 Å². The summed E-state index contributed by atoms with van der Waals surface area (Å²) < 4.78 is 5.60. The molecule has 6 nitrogen and oxygen atoms in total. The molecular weight excluding hydrogens is 509 g/mol. The standard InChI is InChI=1S/C22H31N5OS.HI/c1-17-16-27(11-12-28-17)21-10-9-19(14-24-21)15-26-22(23-3)25-13-18(2)29-20-7-5-4-6-8-20;/h4-10,14,17-18H,11-13,15-16H2,1-3H3,(H2,23,25,26);1H. The van der Waals surface area contributed by atoms with Gasteiger partial charge < -0.3 is 20.3 Å². The number of pyridine rings is 1. The van der Waals surface area contributed by atoms with E-state index in [1.54, 1.807) is 7.05 Å². The van der Waals surface area contributed by atoms with Crippen molar-refractivity contribution >= 4 is 47.5 Å². The van der Waals surface area contributed by atoms with Crippen LogP contribution in [0.5, 0.6) is 0 Å². The van der Waals surface area contributed by atoms with E-state index in [2.05, 4.69) is 75.8 Å². The molecule has 164 valence electrons. The Labute approximate surface area is 201 Å². The second-order valence-corrected chi connectivity index (χ2v) is 8.71. The number of anilines is 1. The lowest BCUT2D eigenvalue weighted by molar-refractivity contribution is 0.0529. The summed E-state index contributed by atoms with van der Waals surface area (Å²) in [4.78, 5) is 12.5. The van der Waals surface area contributed by atoms with Crippen LogP contribution >= 0.6 is 35.7 Å². The first kappa shape index (κ1) is 24.7. The van der Waals surface area contributed by atoms with Crippen molar-refractivity contribution in [3.63, 3.8) is 0 Å². The van der Waals surface area contributed by atoms with Gasteiger partial charge in [0.25, 0.3) is 0 Å². The van der Waals surface area contributed by atoms with E-state index in [1.165, 1.54) is 4.90 Å². The van der Waals surface area contributed by atoms with Gasteiger partial charge in [-0.15, -0.1) is 35.7 Å². The molecule has 2 aromatic rings. The molecular formula is C22H32IN5OS. The van der Waals surface area contributed by atoms with Gasteiger partial charge in [-0.25, -0.2) is 4.98 Å². The molecule has 0 saturated carbocycles. The molecule has 1 saturated heterocycles. The first-order valence-corrected chi connectivity index (χ1v) is 11.0. The third kappa shape index (κ3) is 7.96. The van der Waals surface area contributed by atoms with Gasteiger partial charge in [0.15, 0.2) is 5.96 Å². The average Bonchev–Trinajstić information content (AvgIpc) is 2.75. The topological polar surface area (TPSA) is 61.8 Å². The second-order valence-electron chi connectivity index (χ2n) is 7.20. The quantitative estimate of drug-likeness (QED) is 0.241. The third-order valence-electron chi connectivity index (χ3n) is 4.70. The molecule has 1 aromatic carbocycles. The molecule has 0 bridgehead atoms. The van der Waals surface area contributed by atoms with Gasteiger partial charge in [0.1, 0.15) is 5.82 Å². The van der Waals surface area contributed by atoms with Crippen LogP contribution in [-0.2, 0) is 11.3 Å². The monoisotopic (exact) mass is 541 g/mol. The average molecular weight is 542 g/mol. The zero-order valence-corrected chi connectivity index (χ0v) is 21.0. The SMILES string of the molecule is CN=C(NCc1ccc(N2CCOC(C)C2)nc1)NCC(C)Sc1ccccc1.I. The van der Waals surface area contributed by atoms with Crippen LogP contribution in [0, 0.1) is 0 Å². The first-order chi connectivity index (χ1) is 14.1. The van der Waals surface area contributed by atoms with Crippen molar-refractivity contribution in [3.05, 3.63) is 54.2 Å². The summed E-state index contributed by atoms with van der Waals surface area (Å²) in [5.74, 6) is 1.81. The number of hydrogen-bond donors (Lipinski definition) is 2. The lowest BCUT2D eigenvalue weighted by atomic mass is 10.2. The van der Waals surface area contributed by atoms with Crippen LogP contribution in [0.2, 0.25) is 0 Å². The summed E-state index contributed by atoms with van der Waals surface area (Å²) in [6.07, 6.45) is 2.19. The van der Waals surface area contributed by atoms with E-state index in [1.807, 2.05) is 24.0 Å². The minimum Gasteiger partial charge on any atom is -0.375 e. The van der Waals surface area contributed by atoms with Crippen LogP contribution in [0.3, 0.4) is 0 Å². The summed E-state index contributed by atoms with van der Waals surface area (Å²) >= 11 is 1.86. The maximum atomic E-state index is 5.60. The molecule has 30 heavy (non-hydrogen) atoms. The number of nitrogens with zero attached hydrogens (tertiary/aromatic N) is 3. The van der Waals surface area contributed by atoms with Crippen LogP contribution in [0.4, 0.5) is 5.82 Å². The Morgan fingerprint density at radius 3 is 2.73 bits per heavy atom. The van der Waals surface area contributed by atoms with Crippen molar-refractivity contribution in [3.8, 4) is 0 Å². The van der Waals surface area contributed by atoms with Crippen LogP contribution in [0.15, 0.2) is 58.5 Å². The molecule has 3 rings (SSSR count). The van der Waals surface area contributed by atoms with Crippen LogP contribution in [0.1, 0.15) is 19.4 Å². The van der Waals surface area contributed by atoms with Crippen LogP contribution in [-0.4, -0.2) is 55.6 Å². The Morgan fingerprint density at radius 2 is 2.07 bits per heavy atom. The van der Waals surface area contributed by atoms with Gasteiger partial charge in [-0.3, -0.25) is 4.99 Å². The van der Waals surface area contributed by atoms with E-state index in [0.717, 1.165) is 43.6 Å². The van der Waals surface area contributed by atoms with Crippen molar-refractivity contribution < 1.29 is 4.74 Å². The van der Waals surface area contributed by atoms with Crippen LogP contribution in [0.25, 0.3) is 0 Å². The van der Waals surface area contributed by atoms with E-state index < -0.39 is 0 Å². The number of hydrogen-bond acceptors (Lipinski definition) is 5. The summed E-state index contributed by atoms with van der Waals surface area (Å²) in [5, 5.41) is 7.21. The second kappa shape index (κ2) is 13.0. The molecule has 0 aliphatic carbocycles. The lowest BCUT2D eigenvalue weighted by Crippen LogP contribution is -2.41. The summed E-state index contributed by atoms with van der Waals surface area (Å²) in [6, 6.07) is 14.7. The highest BCUT2D eigenvalue weighted by Crippen LogP contribution is 2.21. The number of ether oxygens (including phenoxy) is 1. The minimum atomic E-state index is 0. The highest BCUT2D eigenvalue weighted by molar-refractivity contribution is 14.0. The number of aromatic nitrogens is 1. The maximum Gasteiger partial charge on any atom is 0.191 e. The number of aliphatic imine (C=N–C) groups is 1. The fourth-order valence-corrected chi connectivity index (χ4v) is 4.10. The molecule has 2 N–H and O–H groups in total. The van der Waals surface area contributed by atoms with E-state index >= 15 is 0 Å². The normalized spacial score (nSPS) is 17.8. The zero-order valence-electron chi connectivity index (χ0n) is 17.9. The van der Waals surface area contributed by atoms with Gasteiger partial charge in [-0.1, -0.05) is 31.2 Å². The smallest absolute Gasteiger partial charge is 0.191 e. The Bertz CT molecular complexity index is 775. The highest BCUT2D eigenvalue weighted by Gasteiger charge is 2.17. The van der Waals surface area contributed by atoms with Gasteiger partial charge in [-0.2, -0.15) is 0 Å². The Kier molecular flexibility index (Phi) is 10.7. The van der Waals surface area contributed by atoms with Gasteiger partial charge in [0.2, 0.25) is 0 Å². The predicted molar refractivity (Wildman–Crippen MR) is 137 cm³/mol. The Hall–Kier alpha value is -1.52. The van der Waals surface area contributed by atoms with Crippen molar-refractivity contribution in [2.24, 2.45) is 4.99 Å². The molecule has 2 atom stereocenters. The number of guanidine groups is 1. The fraction of sp³-hybridized carbons (Fsp3) is 0.455. The summed E-state index contributed by atoms with van der Waals surface area (Å²) in [5.41, 5.74) is 1.13. The number of halogens is 1. The highest BCUT2D eigenvalue weighted by atomic mass is 127. The largest absolute Gasteiger partial charge is 0.375 e. The molecule has 1 aromatic heterocycles. The van der Waals surface area contributed by atoms with Crippen molar-refractivity contribution in [2.45, 2.75) is 36.6 Å². The lowest BCUT2D eigenvalue weighted by Gasteiger charge is -2.32. The fourth-order valence-electron chi connectivity index (χ4n) is 3.15. The van der Waals surface area contributed by atoms with Gasteiger partial charge in [0.05, 0.1) is 12.7 Å². The number of nitrogens with one attached hydrogen (secondary N) is 2. The molecule has 0 amide bonds. The number of thioether (sulfide) groups is 1. The summed E-state index contributed by atoms with van der Waals surface area (Å²) in [6.45, 7) is 8.38. The predicted octanol–water partition coefficient (Wildman–Crippen LogP) is 3.77. The van der Waals surface area contributed by atoms with E-state index in [4.69, 9.17) is 4.74 Å². The molecule has 8 heteroatoms. The van der Waals surface area contributed by atoms with E-state index in [-0.39, 0.29) is 30.1 Å². The van der Waals surface area contributed by atoms with Gasteiger partial charge >= 0.3 is 0 Å². The van der Waals surface area contributed by atoms with E-state index in [9.17, 15) is 0 Å². The molecule has 0 spiro atoms. The molecule has 1 aliphatic heterocycles. The molecule has 1 fully saturated rings. The maximum absolute atomic E-state index is 5.60. The van der Waals surface area contributed by atoms with Gasteiger partial charge in [0, 0.05) is 49.6 Å². The molecule has 1 aliphatic rings. The third-order valence-corrected chi connectivity index (χ3v) is 5.81.